The van der Waals surface area contributed by atoms with Crippen LogP contribution in [0.25, 0.3) is 0 Å². The topological polar surface area (TPSA) is 120 Å². The molecule has 0 radical (unpaired) electrons. The molecule has 0 atom stereocenters. The lowest BCUT2D eigenvalue weighted by Gasteiger charge is -2.08. The van der Waals surface area contributed by atoms with Crippen LogP contribution in [0.15, 0.2) is 23.4 Å². The van der Waals surface area contributed by atoms with E-state index in [0.29, 0.717) is 31.6 Å². The van der Waals surface area contributed by atoms with Crippen molar-refractivity contribution in [1.82, 2.24) is 0 Å². The molecule has 110 valence electrons. The number of unbranched alkanes of at least 4 members (excludes halogenated alkanes) is 1. The Bertz CT molecular complexity index is 490. The van der Waals surface area contributed by atoms with E-state index in [0.717, 1.165) is 0 Å². The summed E-state index contributed by atoms with van der Waals surface area (Å²) < 4.78 is 10.4. The maximum atomic E-state index is 10.9. The van der Waals surface area contributed by atoms with E-state index < -0.39 is 4.92 Å². The summed E-state index contributed by atoms with van der Waals surface area (Å²) in [5, 5.41) is 22.1. The molecule has 0 saturated carbocycles. The lowest BCUT2D eigenvalue weighted by atomic mass is 10.2. The number of ether oxygens (including phenoxy) is 2. The van der Waals surface area contributed by atoms with E-state index in [2.05, 4.69) is 5.16 Å². The van der Waals surface area contributed by atoms with Crippen molar-refractivity contribution in [3.8, 4) is 11.5 Å². The quantitative estimate of drug-likeness (QED) is 0.188. The Balaban J connectivity index is 2.55. The molecule has 3 N–H and O–H groups in total. The summed E-state index contributed by atoms with van der Waals surface area (Å²) >= 11 is 0. The number of oxime groups is 1. The smallest absolute Gasteiger partial charge is 0.311 e. The van der Waals surface area contributed by atoms with Gasteiger partial charge in [0.15, 0.2) is 0 Å². The van der Waals surface area contributed by atoms with Crippen LogP contribution in [-0.2, 0) is 0 Å². The first-order valence-electron chi connectivity index (χ1n) is 6.00. The normalized spacial score (nSPS) is 11.2. The molecule has 0 spiro atoms. The van der Waals surface area contributed by atoms with Gasteiger partial charge in [0, 0.05) is 18.6 Å². The van der Waals surface area contributed by atoms with Crippen LogP contribution < -0.4 is 15.2 Å². The first kappa shape index (κ1) is 15.5. The number of methoxy groups -OCH3 is 1. The van der Waals surface area contributed by atoms with E-state index in [1.807, 2.05) is 0 Å². The first-order chi connectivity index (χ1) is 9.58. The van der Waals surface area contributed by atoms with Gasteiger partial charge in [0.05, 0.1) is 18.6 Å². The molecule has 8 nitrogen and oxygen atoms in total. The number of nitro groups is 1. The zero-order chi connectivity index (χ0) is 15.0. The van der Waals surface area contributed by atoms with Crippen LogP contribution in [0.3, 0.4) is 0 Å². The van der Waals surface area contributed by atoms with Crippen LogP contribution in [0, 0.1) is 10.1 Å². The number of hydrogen-bond donors (Lipinski definition) is 2. The Morgan fingerprint density at radius 2 is 2.25 bits per heavy atom. The number of amidine groups is 1. The van der Waals surface area contributed by atoms with Gasteiger partial charge in [-0.05, 0) is 18.9 Å². The SMILES string of the molecule is COc1ccc([N+](=O)[O-])c(OCCCC/C(N)=N/O)c1. The Hall–Kier alpha value is -2.51. The molecule has 0 unspecified atom stereocenters. The van der Waals surface area contributed by atoms with Crippen LogP contribution in [-0.4, -0.2) is 29.7 Å². The fourth-order valence-electron chi connectivity index (χ4n) is 1.53. The van der Waals surface area contributed by atoms with E-state index in [4.69, 9.17) is 20.4 Å². The van der Waals surface area contributed by atoms with Crippen molar-refractivity contribution in [2.75, 3.05) is 13.7 Å². The van der Waals surface area contributed by atoms with E-state index >= 15 is 0 Å². The van der Waals surface area contributed by atoms with E-state index in [-0.39, 0.29) is 17.3 Å². The minimum absolute atomic E-state index is 0.109. The number of nitrogens with two attached hydrogens (primary N) is 1. The van der Waals surface area contributed by atoms with Crippen LogP contribution in [0.2, 0.25) is 0 Å². The van der Waals surface area contributed by atoms with Crippen molar-refractivity contribution >= 4 is 11.5 Å². The van der Waals surface area contributed by atoms with Crippen molar-refractivity contribution in [3.05, 3.63) is 28.3 Å². The van der Waals surface area contributed by atoms with Gasteiger partial charge in [-0.3, -0.25) is 10.1 Å². The van der Waals surface area contributed by atoms with Gasteiger partial charge < -0.3 is 20.4 Å². The zero-order valence-corrected chi connectivity index (χ0v) is 11.1. The molecule has 0 aliphatic rings. The number of nitro benzene ring substituents is 1. The third-order valence-electron chi connectivity index (χ3n) is 2.58. The summed E-state index contributed by atoms with van der Waals surface area (Å²) in [5.74, 6) is 0.803. The summed E-state index contributed by atoms with van der Waals surface area (Å²) in [7, 11) is 1.47. The highest BCUT2D eigenvalue weighted by atomic mass is 16.6. The lowest BCUT2D eigenvalue weighted by Crippen LogP contribution is -2.11. The minimum atomic E-state index is -0.509. The van der Waals surface area contributed by atoms with Gasteiger partial charge in [-0.25, -0.2) is 0 Å². The van der Waals surface area contributed by atoms with Crippen LogP contribution in [0.5, 0.6) is 11.5 Å². The predicted octanol–water partition coefficient (Wildman–Crippen LogP) is 1.90. The minimum Gasteiger partial charge on any atom is -0.497 e. The predicted molar refractivity (Wildman–Crippen MR) is 72.4 cm³/mol. The molecule has 0 aliphatic heterocycles. The Morgan fingerprint density at radius 3 is 2.85 bits per heavy atom. The highest BCUT2D eigenvalue weighted by Gasteiger charge is 2.15. The molecule has 1 aromatic rings. The summed E-state index contributed by atoms with van der Waals surface area (Å²) in [4.78, 5) is 10.4. The van der Waals surface area contributed by atoms with Gasteiger partial charge in [-0.1, -0.05) is 5.16 Å². The van der Waals surface area contributed by atoms with E-state index in [9.17, 15) is 10.1 Å². The molecule has 1 rings (SSSR count). The molecule has 1 aromatic carbocycles. The van der Waals surface area contributed by atoms with Crippen molar-refractivity contribution in [2.45, 2.75) is 19.3 Å². The van der Waals surface area contributed by atoms with Crippen LogP contribution in [0.4, 0.5) is 5.69 Å². The molecule has 0 bridgehead atoms. The lowest BCUT2D eigenvalue weighted by molar-refractivity contribution is -0.385. The summed E-state index contributed by atoms with van der Waals surface area (Å²) in [6, 6.07) is 4.32. The average Bonchev–Trinajstić information content (AvgIpc) is 2.46. The van der Waals surface area contributed by atoms with Crippen molar-refractivity contribution in [1.29, 1.82) is 0 Å². The van der Waals surface area contributed by atoms with Gasteiger partial charge in [0.2, 0.25) is 5.75 Å². The van der Waals surface area contributed by atoms with Crippen LogP contribution >= 0.6 is 0 Å². The second-order valence-electron chi connectivity index (χ2n) is 3.99. The highest BCUT2D eigenvalue weighted by molar-refractivity contribution is 5.79. The molecule has 0 amide bonds. The van der Waals surface area contributed by atoms with Crippen molar-refractivity contribution < 1.29 is 19.6 Å². The van der Waals surface area contributed by atoms with Gasteiger partial charge >= 0.3 is 5.69 Å². The van der Waals surface area contributed by atoms with Gasteiger partial charge in [-0.15, -0.1) is 0 Å². The third-order valence-corrected chi connectivity index (χ3v) is 2.58. The molecular weight excluding hydrogens is 266 g/mol. The third kappa shape index (κ3) is 4.63. The van der Waals surface area contributed by atoms with E-state index in [1.54, 1.807) is 0 Å². The molecule has 20 heavy (non-hydrogen) atoms. The maximum absolute atomic E-state index is 10.9. The second kappa shape index (κ2) is 7.82. The molecular formula is C12H17N3O5. The Kier molecular flexibility index (Phi) is 6.08. The van der Waals surface area contributed by atoms with Crippen molar-refractivity contribution in [2.24, 2.45) is 10.9 Å². The van der Waals surface area contributed by atoms with Crippen LogP contribution in [0.1, 0.15) is 19.3 Å². The number of nitrogens with zero attached hydrogens (tertiary/aromatic N) is 2. The molecule has 0 heterocycles. The fourth-order valence-corrected chi connectivity index (χ4v) is 1.53. The summed E-state index contributed by atoms with van der Waals surface area (Å²) in [6.07, 6.45) is 1.73. The molecule has 8 heteroatoms. The monoisotopic (exact) mass is 283 g/mol. The maximum Gasteiger partial charge on any atom is 0.311 e. The molecule has 0 fully saturated rings. The first-order valence-corrected chi connectivity index (χ1v) is 6.00. The van der Waals surface area contributed by atoms with Gasteiger partial charge in [0.1, 0.15) is 11.6 Å². The zero-order valence-electron chi connectivity index (χ0n) is 11.1. The standard InChI is InChI=1S/C12H17N3O5/c1-19-9-5-6-10(15(17)18)11(8-9)20-7-3-2-4-12(13)14-16/h5-6,8,16H,2-4,7H2,1H3,(H2,13,14). The average molecular weight is 283 g/mol. The van der Waals surface area contributed by atoms with E-state index in [1.165, 1.54) is 25.3 Å². The second-order valence-corrected chi connectivity index (χ2v) is 3.99. The summed E-state index contributed by atoms with van der Waals surface area (Å²) in [5.41, 5.74) is 5.21. The number of rotatable bonds is 8. The summed E-state index contributed by atoms with van der Waals surface area (Å²) in [6.45, 7) is 0.298. The Morgan fingerprint density at radius 1 is 1.50 bits per heavy atom. The highest BCUT2D eigenvalue weighted by Crippen LogP contribution is 2.31. The van der Waals surface area contributed by atoms with Gasteiger partial charge in [0.25, 0.3) is 0 Å². The van der Waals surface area contributed by atoms with Crippen molar-refractivity contribution in [3.63, 3.8) is 0 Å². The Labute approximate surface area is 115 Å². The number of hydrogen-bond acceptors (Lipinski definition) is 6. The largest absolute Gasteiger partial charge is 0.497 e. The molecule has 0 saturated heterocycles. The van der Waals surface area contributed by atoms with Gasteiger partial charge in [-0.2, -0.15) is 0 Å². The molecule has 0 aliphatic carbocycles. The molecule has 0 aromatic heterocycles. The fraction of sp³-hybridized carbons (Fsp3) is 0.417. The number of benzene rings is 1.